The number of hydrogen-bond acceptors (Lipinski definition) is 1. The molecular formula is C11H14FO. The third-order valence-electron chi connectivity index (χ3n) is 1.51. The summed E-state index contributed by atoms with van der Waals surface area (Å²) >= 11 is 0. The molecule has 1 rings (SSSR count). The largest absolute Gasteiger partial charge is 0.493 e. The van der Waals surface area contributed by atoms with Crippen LogP contribution in [0.25, 0.3) is 0 Å². The minimum Gasteiger partial charge on any atom is -0.493 e. The maximum absolute atomic E-state index is 12.8. The summed E-state index contributed by atoms with van der Waals surface area (Å²) in [5, 5.41) is 0. The van der Waals surface area contributed by atoms with Gasteiger partial charge >= 0.3 is 0 Å². The summed E-state index contributed by atoms with van der Waals surface area (Å²) in [4.78, 5) is 0. The molecule has 0 spiro atoms. The Morgan fingerprint density at radius 1 is 1.38 bits per heavy atom. The first-order valence-corrected chi connectivity index (χ1v) is 4.33. The van der Waals surface area contributed by atoms with Crippen molar-refractivity contribution in [2.75, 3.05) is 6.61 Å². The average Bonchev–Trinajstić information content (AvgIpc) is 1.99. The van der Waals surface area contributed by atoms with Gasteiger partial charge in [-0.15, -0.1) is 0 Å². The summed E-state index contributed by atoms with van der Waals surface area (Å²) in [5.41, 5.74) is 0.638. The Kier molecular flexibility index (Phi) is 3.29. The normalized spacial score (nSPS) is 10.5. The minimum absolute atomic E-state index is 0.300. The maximum Gasteiger partial charge on any atom is 0.127 e. The van der Waals surface area contributed by atoms with Crippen molar-refractivity contribution < 1.29 is 9.13 Å². The van der Waals surface area contributed by atoms with Crippen LogP contribution in [-0.4, -0.2) is 6.61 Å². The molecule has 1 radical (unpaired) electrons. The first kappa shape index (κ1) is 10.0. The molecule has 0 aliphatic carbocycles. The Hall–Kier alpha value is -1.05. The van der Waals surface area contributed by atoms with E-state index in [0.29, 0.717) is 23.8 Å². The Morgan fingerprint density at radius 2 is 2.08 bits per heavy atom. The predicted octanol–water partition coefficient (Wildman–Crippen LogP) is 3.04. The average molecular weight is 181 g/mol. The zero-order valence-corrected chi connectivity index (χ0v) is 8.01. The molecule has 2 heteroatoms. The van der Waals surface area contributed by atoms with E-state index < -0.39 is 0 Å². The van der Waals surface area contributed by atoms with Crippen LogP contribution < -0.4 is 4.74 Å². The summed E-state index contributed by atoms with van der Waals surface area (Å²) in [6, 6.07) is 4.48. The van der Waals surface area contributed by atoms with Gasteiger partial charge in [0.2, 0.25) is 0 Å². The highest BCUT2D eigenvalue weighted by molar-refractivity contribution is 5.31. The van der Waals surface area contributed by atoms with Crippen LogP contribution in [0.5, 0.6) is 5.75 Å². The first-order chi connectivity index (χ1) is 6.08. The second-order valence-electron chi connectivity index (χ2n) is 3.50. The van der Waals surface area contributed by atoms with Crippen molar-refractivity contribution in [2.24, 2.45) is 5.92 Å². The third-order valence-corrected chi connectivity index (χ3v) is 1.51. The molecular weight excluding hydrogens is 167 g/mol. The van der Waals surface area contributed by atoms with Gasteiger partial charge < -0.3 is 4.74 Å². The van der Waals surface area contributed by atoms with Gasteiger partial charge in [0.25, 0.3) is 0 Å². The molecule has 0 heterocycles. The summed E-state index contributed by atoms with van der Waals surface area (Å²) in [6.45, 7) is 8.34. The quantitative estimate of drug-likeness (QED) is 0.696. The van der Waals surface area contributed by atoms with Gasteiger partial charge in [0.05, 0.1) is 6.61 Å². The van der Waals surface area contributed by atoms with Gasteiger partial charge in [0.15, 0.2) is 0 Å². The molecule has 0 atom stereocenters. The lowest BCUT2D eigenvalue weighted by atomic mass is 10.2. The molecule has 0 saturated heterocycles. The maximum atomic E-state index is 12.8. The Labute approximate surface area is 78.5 Å². The molecule has 0 aliphatic rings. The molecule has 0 N–H and O–H groups in total. The highest BCUT2D eigenvalue weighted by Gasteiger charge is 2.00. The summed E-state index contributed by atoms with van der Waals surface area (Å²) in [6.07, 6.45) is 0. The highest BCUT2D eigenvalue weighted by atomic mass is 19.1. The molecule has 1 aromatic rings. The Morgan fingerprint density at radius 3 is 2.62 bits per heavy atom. The van der Waals surface area contributed by atoms with Gasteiger partial charge in [-0.05, 0) is 30.5 Å². The van der Waals surface area contributed by atoms with Crippen molar-refractivity contribution in [2.45, 2.75) is 13.8 Å². The second kappa shape index (κ2) is 4.26. The SMILES string of the molecule is [CH2]c1cc(F)cc(OCC(C)C)c1. The van der Waals surface area contributed by atoms with Crippen LogP contribution >= 0.6 is 0 Å². The van der Waals surface area contributed by atoms with Crippen molar-refractivity contribution >= 4 is 0 Å². The van der Waals surface area contributed by atoms with Gasteiger partial charge in [0.1, 0.15) is 11.6 Å². The van der Waals surface area contributed by atoms with E-state index in [9.17, 15) is 4.39 Å². The van der Waals surface area contributed by atoms with Gasteiger partial charge in [-0.1, -0.05) is 13.8 Å². The van der Waals surface area contributed by atoms with Crippen LogP contribution in [-0.2, 0) is 0 Å². The molecule has 0 fully saturated rings. The minimum atomic E-state index is -0.300. The van der Waals surface area contributed by atoms with Crippen molar-refractivity contribution in [3.05, 3.63) is 36.5 Å². The van der Waals surface area contributed by atoms with Crippen LogP contribution in [0.4, 0.5) is 4.39 Å². The van der Waals surface area contributed by atoms with Gasteiger partial charge in [0, 0.05) is 6.07 Å². The lowest BCUT2D eigenvalue weighted by Crippen LogP contribution is -2.04. The van der Waals surface area contributed by atoms with E-state index in [1.807, 2.05) is 13.8 Å². The molecule has 0 unspecified atom stereocenters. The molecule has 0 aliphatic heterocycles. The topological polar surface area (TPSA) is 9.23 Å². The van der Waals surface area contributed by atoms with Crippen LogP contribution in [0.2, 0.25) is 0 Å². The Balaban J connectivity index is 2.66. The molecule has 13 heavy (non-hydrogen) atoms. The second-order valence-corrected chi connectivity index (χ2v) is 3.50. The van der Waals surface area contributed by atoms with Crippen molar-refractivity contribution in [1.82, 2.24) is 0 Å². The predicted molar refractivity (Wildman–Crippen MR) is 51.2 cm³/mol. The fourth-order valence-corrected chi connectivity index (χ4v) is 0.967. The van der Waals surface area contributed by atoms with E-state index in [1.54, 1.807) is 6.07 Å². The standard InChI is InChI=1S/C11H14FO/c1-8(2)7-13-11-5-9(3)4-10(12)6-11/h4-6,8H,3,7H2,1-2H3. The number of rotatable bonds is 3. The fourth-order valence-electron chi connectivity index (χ4n) is 0.967. The Bertz CT molecular complexity index is 261. The van der Waals surface area contributed by atoms with Crippen molar-refractivity contribution in [3.8, 4) is 5.75 Å². The van der Waals surface area contributed by atoms with Crippen molar-refractivity contribution in [1.29, 1.82) is 0 Å². The number of hydrogen-bond donors (Lipinski definition) is 0. The molecule has 0 amide bonds. The number of ether oxygens (including phenoxy) is 1. The fraction of sp³-hybridized carbons (Fsp3) is 0.364. The molecule has 1 nitrogen and oxygen atoms in total. The van der Waals surface area contributed by atoms with E-state index in [2.05, 4.69) is 6.92 Å². The number of benzene rings is 1. The molecule has 1 aromatic carbocycles. The summed E-state index contributed by atoms with van der Waals surface area (Å²) in [7, 11) is 0. The number of halogens is 1. The lowest BCUT2D eigenvalue weighted by Gasteiger charge is -2.08. The highest BCUT2D eigenvalue weighted by Crippen LogP contribution is 2.16. The molecule has 0 saturated carbocycles. The van der Waals surface area contributed by atoms with Crippen LogP contribution in [0, 0.1) is 18.7 Å². The van der Waals surface area contributed by atoms with E-state index in [1.165, 1.54) is 12.1 Å². The van der Waals surface area contributed by atoms with Crippen molar-refractivity contribution in [3.63, 3.8) is 0 Å². The smallest absolute Gasteiger partial charge is 0.127 e. The van der Waals surface area contributed by atoms with E-state index >= 15 is 0 Å². The van der Waals surface area contributed by atoms with Crippen LogP contribution in [0.3, 0.4) is 0 Å². The molecule has 0 bridgehead atoms. The summed E-state index contributed by atoms with van der Waals surface area (Å²) in [5.74, 6) is 0.696. The van der Waals surface area contributed by atoms with E-state index in [-0.39, 0.29) is 5.82 Å². The van der Waals surface area contributed by atoms with Crippen LogP contribution in [0.15, 0.2) is 18.2 Å². The molecule has 0 aromatic heterocycles. The lowest BCUT2D eigenvalue weighted by molar-refractivity contribution is 0.270. The monoisotopic (exact) mass is 181 g/mol. The van der Waals surface area contributed by atoms with Gasteiger partial charge in [-0.25, -0.2) is 4.39 Å². The molecule has 71 valence electrons. The van der Waals surface area contributed by atoms with Gasteiger partial charge in [-0.2, -0.15) is 0 Å². The third kappa shape index (κ3) is 3.45. The zero-order valence-electron chi connectivity index (χ0n) is 8.01. The zero-order chi connectivity index (χ0) is 9.84. The van der Waals surface area contributed by atoms with Crippen LogP contribution in [0.1, 0.15) is 19.4 Å². The van der Waals surface area contributed by atoms with E-state index in [4.69, 9.17) is 4.74 Å². The van der Waals surface area contributed by atoms with E-state index in [0.717, 1.165) is 0 Å². The first-order valence-electron chi connectivity index (χ1n) is 4.33. The summed E-state index contributed by atoms with van der Waals surface area (Å²) < 4.78 is 18.2. The van der Waals surface area contributed by atoms with Gasteiger partial charge in [-0.3, -0.25) is 0 Å².